The Bertz CT molecular complexity index is 177. The second-order valence-corrected chi connectivity index (χ2v) is 9.36. The molecule has 0 bridgehead atoms. The second kappa shape index (κ2) is 3.74. The molecule has 1 aliphatic carbocycles. The molecule has 2 rings (SSSR count). The van der Waals surface area contributed by atoms with Gasteiger partial charge in [-0.05, 0) is 37.4 Å². The summed E-state index contributed by atoms with van der Waals surface area (Å²) >= 11 is 0. The van der Waals surface area contributed by atoms with Crippen molar-refractivity contribution in [3.63, 3.8) is 0 Å². The first-order valence-electron chi connectivity index (χ1n) is 5.87. The first-order chi connectivity index (χ1) is 6.20. The summed E-state index contributed by atoms with van der Waals surface area (Å²) in [6.07, 6.45) is 7.63. The molecule has 2 fully saturated rings. The molecule has 0 N–H and O–H groups in total. The van der Waals surface area contributed by atoms with Gasteiger partial charge in [0.25, 0.3) is 0 Å². The highest BCUT2D eigenvalue weighted by atomic mass is 28.4. The molecular formula is C11H22OSi. The quantitative estimate of drug-likeness (QED) is 0.616. The fourth-order valence-electron chi connectivity index (χ4n) is 2.62. The molecule has 1 aliphatic heterocycles. The predicted octanol–water partition coefficient (Wildman–Crippen LogP) is 3.56. The van der Waals surface area contributed by atoms with E-state index in [9.17, 15) is 0 Å². The summed E-state index contributed by atoms with van der Waals surface area (Å²) in [5.74, 6) is 0.832. The van der Waals surface area contributed by atoms with Crippen LogP contribution in [0.15, 0.2) is 0 Å². The van der Waals surface area contributed by atoms with Gasteiger partial charge in [-0.15, -0.1) is 0 Å². The fraction of sp³-hybridized carbons (Fsp3) is 1.00. The third-order valence-corrected chi connectivity index (χ3v) is 7.57. The highest BCUT2D eigenvalue weighted by Crippen LogP contribution is 2.37. The molecule has 2 heteroatoms. The Morgan fingerprint density at radius 2 is 1.77 bits per heavy atom. The lowest BCUT2D eigenvalue weighted by Crippen LogP contribution is -2.46. The lowest BCUT2D eigenvalue weighted by atomic mass is 9.88. The Morgan fingerprint density at radius 3 is 2.31 bits per heavy atom. The predicted molar refractivity (Wildman–Crippen MR) is 58.4 cm³/mol. The van der Waals surface area contributed by atoms with Crippen LogP contribution < -0.4 is 0 Å². The van der Waals surface area contributed by atoms with Crippen LogP contribution in [-0.2, 0) is 4.43 Å². The maximum Gasteiger partial charge on any atom is 0.190 e. The van der Waals surface area contributed by atoms with Crippen LogP contribution >= 0.6 is 0 Å². The van der Waals surface area contributed by atoms with Gasteiger partial charge >= 0.3 is 0 Å². The van der Waals surface area contributed by atoms with Gasteiger partial charge in [0.15, 0.2) is 8.32 Å². The minimum absolute atomic E-state index is 0.630. The lowest BCUT2D eigenvalue weighted by molar-refractivity contribution is 0.0882. The second-order valence-electron chi connectivity index (χ2n) is 5.22. The van der Waals surface area contributed by atoms with E-state index in [1.807, 2.05) is 0 Å². The Labute approximate surface area is 83.0 Å². The van der Waals surface area contributed by atoms with Crippen molar-refractivity contribution in [1.29, 1.82) is 0 Å². The van der Waals surface area contributed by atoms with Crippen molar-refractivity contribution in [2.45, 2.75) is 63.8 Å². The third kappa shape index (κ3) is 2.16. The van der Waals surface area contributed by atoms with E-state index in [1.54, 1.807) is 0 Å². The average Bonchev–Trinajstić information content (AvgIpc) is 2.06. The number of hydrogen-bond acceptors (Lipinski definition) is 1. The molecule has 1 nitrogen and oxygen atoms in total. The molecular weight excluding hydrogens is 176 g/mol. The largest absolute Gasteiger partial charge is 0.414 e. The van der Waals surface area contributed by atoms with Gasteiger partial charge in [-0.25, -0.2) is 0 Å². The minimum Gasteiger partial charge on any atom is -0.414 e. The minimum atomic E-state index is -1.13. The zero-order valence-corrected chi connectivity index (χ0v) is 10.0. The van der Waals surface area contributed by atoms with E-state index >= 15 is 0 Å². The Kier molecular flexibility index (Phi) is 2.79. The van der Waals surface area contributed by atoms with Gasteiger partial charge < -0.3 is 4.43 Å². The summed E-state index contributed by atoms with van der Waals surface area (Å²) in [5.41, 5.74) is 0. The summed E-state index contributed by atoms with van der Waals surface area (Å²) < 4.78 is 6.37. The van der Waals surface area contributed by atoms with E-state index in [0.717, 1.165) is 5.92 Å². The average molecular weight is 198 g/mol. The van der Waals surface area contributed by atoms with Crippen molar-refractivity contribution in [3.05, 3.63) is 0 Å². The fourth-order valence-corrected chi connectivity index (χ4v) is 5.28. The number of hydrogen-bond donors (Lipinski definition) is 0. The van der Waals surface area contributed by atoms with Crippen LogP contribution in [0.5, 0.6) is 0 Å². The molecule has 0 aromatic carbocycles. The topological polar surface area (TPSA) is 9.23 Å². The van der Waals surface area contributed by atoms with E-state index < -0.39 is 8.32 Å². The molecule has 0 aromatic rings. The molecule has 0 aromatic heterocycles. The van der Waals surface area contributed by atoms with Crippen LogP contribution in [-0.4, -0.2) is 14.4 Å². The molecule has 2 unspecified atom stereocenters. The van der Waals surface area contributed by atoms with Crippen LogP contribution in [0.3, 0.4) is 0 Å². The highest BCUT2D eigenvalue weighted by Gasteiger charge is 2.39. The third-order valence-electron chi connectivity index (χ3n) is 3.88. The monoisotopic (exact) mass is 198 g/mol. The molecule has 2 aliphatic rings. The summed E-state index contributed by atoms with van der Waals surface area (Å²) in [6.45, 7) is 4.80. The van der Waals surface area contributed by atoms with Gasteiger partial charge in [-0.2, -0.15) is 0 Å². The zero-order chi connectivity index (χ0) is 9.31. The van der Waals surface area contributed by atoms with Gasteiger partial charge in [0.2, 0.25) is 0 Å². The molecule has 1 saturated carbocycles. The van der Waals surface area contributed by atoms with Gasteiger partial charge in [0.05, 0.1) is 0 Å². The van der Waals surface area contributed by atoms with Crippen molar-refractivity contribution in [2.75, 3.05) is 0 Å². The maximum absolute atomic E-state index is 6.37. The molecule has 2 atom stereocenters. The molecule has 76 valence electrons. The Morgan fingerprint density at radius 1 is 1.08 bits per heavy atom. The van der Waals surface area contributed by atoms with Gasteiger partial charge in [-0.3, -0.25) is 0 Å². The molecule has 0 radical (unpaired) electrons. The van der Waals surface area contributed by atoms with Gasteiger partial charge in [0, 0.05) is 6.10 Å². The molecule has 1 saturated heterocycles. The van der Waals surface area contributed by atoms with E-state index in [-0.39, 0.29) is 0 Å². The molecule has 1 heterocycles. The standard InChI is InChI=1S/C11H22OSi/c1-10-6-3-4-7-11(10)12-13(2)8-5-9-13/h10-11H,3-9H2,1-2H3. The SMILES string of the molecule is CC1CCCCC1O[Si]1(C)CCC1. The van der Waals surface area contributed by atoms with Crippen molar-refractivity contribution in [3.8, 4) is 0 Å². The summed E-state index contributed by atoms with van der Waals surface area (Å²) in [7, 11) is -1.13. The van der Waals surface area contributed by atoms with E-state index in [0.29, 0.717) is 6.10 Å². The van der Waals surface area contributed by atoms with Crippen LogP contribution in [0.4, 0.5) is 0 Å². The van der Waals surface area contributed by atoms with Crippen molar-refractivity contribution >= 4 is 8.32 Å². The van der Waals surface area contributed by atoms with Gasteiger partial charge in [-0.1, -0.05) is 26.2 Å². The van der Waals surface area contributed by atoms with Crippen LogP contribution in [0.1, 0.15) is 39.0 Å². The van der Waals surface area contributed by atoms with Crippen molar-refractivity contribution in [2.24, 2.45) is 5.92 Å². The summed E-state index contributed by atoms with van der Waals surface area (Å²) in [5, 5.41) is 0. The maximum atomic E-state index is 6.37. The smallest absolute Gasteiger partial charge is 0.190 e. The van der Waals surface area contributed by atoms with Gasteiger partial charge in [0.1, 0.15) is 0 Å². The normalized spacial score (nSPS) is 38.3. The molecule has 0 spiro atoms. The molecule has 0 amide bonds. The summed E-state index contributed by atoms with van der Waals surface area (Å²) in [4.78, 5) is 0. The zero-order valence-electron chi connectivity index (χ0n) is 9.01. The van der Waals surface area contributed by atoms with E-state index in [1.165, 1.54) is 44.2 Å². The lowest BCUT2D eigenvalue weighted by Gasteiger charge is -2.42. The van der Waals surface area contributed by atoms with Crippen molar-refractivity contribution < 1.29 is 4.43 Å². The van der Waals surface area contributed by atoms with E-state index in [2.05, 4.69) is 13.5 Å². The van der Waals surface area contributed by atoms with Crippen LogP contribution in [0.25, 0.3) is 0 Å². The van der Waals surface area contributed by atoms with Crippen LogP contribution in [0, 0.1) is 5.92 Å². The Hall–Kier alpha value is 0.177. The molecule has 13 heavy (non-hydrogen) atoms. The Balaban J connectivity index is 1.85. The highest BCUT2D eigenvalue weighted by molar-refractivity contribution is 6.75. The van der Waals surface area contributed by atoms with E-state index in [4.69, 9.17) is 4.43 Å². The first kappa shape index (κ1) is 9.72. The van der Waals surface area contributed by atoms with Crippen molar-refractivity contribution in [1.82, 2.24) is 0 Å². The first-order valence-corrected chi connectivity index (χ1v) is 8.70. The number of rotatable bonds is 2. The van der Waals surface area contributed by atoms with Crippen LogP contribution in [0.2, 0.25) is 18.6 Å². The summed E-state index contributed by atoms with van der Waals surface area (Å²) in [6, 6.07) is 2.85.